The summed E-state index contributed by atoms with van der Waals surface area (Å²) in [5.74, 6) is 0.657. The third-order valence-corrected chi connectivity index (χ3v) is 5.43. The first-order chi connectivity index (χ1) is 14.7. The number of nitrogens with zero attached hydrogens (tertiary/aromatic N) is 3. The lowest BCUT2D eigenvalue weighted by atomic mass is 10.2. The highest BCUT2D eigenvalue weighted by molar-refractivity contribution is 5.76. The molecule has 6 heteroatoms. The fourth-order valence-electron chi connectivity index (χ4n) is 3.78. The first-order valence-corrected chi connectivity index (χ1v) is 10.4. The largest absolute Gasteiger partial charge is 0.368 e. The van der Waals surface area contributed by atoms with Crippen molar-refractivity contribution in [1.29, 1.82) is 0 Å². The number of fused-ring (bicyclic) bond motifs is 1. The molecule has 0 aromatic carbocycles. The Morgan fingerprint density at radius 1 is 1.00 bits per heavy atom. The zero-order chi connectivity index (χ0) is 20.8. The molecular formula is C24H26N4O2. The van der Waals surface area contributed by atoms with Crippen LogP contribution in [0.4, 0.5) is 0 Å². The number of nitrogens with one attached hydrogen (secondary N) is 1. The number of allylic oxidation sites excluding steroid dienone is 9. The maximum atomic E-state index is 12.7. The molecule has 0 spiro atoms. The highest BCUT2D eigenvalue weighted by Gasteiger charge is 2.21. The molecule has 0 atom stereocenters. The Balaban J connectivity index is 1.36. The molecule has 2 aliphatic carbocycles. The monoisotopic (exact) mass is 402 g/mol. The molecule has 30 heavy (non-hydrogen) atoms. The molecule has 0 saturated carbocycles. The van der Waals surface area contributed by atoms with Crippen LogP contribution >= 0.6 is 0 Å². The van der Waals surface area contributed by atoms with Crippen molar-refractivity contribution in [2.24, 2.45) is 0 Å². The van der Waals surface area contributed by atoms with Crippen LogP contribution in [0.1, 0.15) is 18.7 Å². The molecule has 1 saturated heterocycles. The Morgan fingerprint density at radius 2 is 1.80 bits per heavy atom. The second-order valence-corrected chi connectivity index (χ2v) is 7.43. The normalized spacial score (nSPS) is 17.9. The minimum atomic E-state index is -0.175. The van der Waals surface area contributed by atoms with Gasteiger partial charge in [0.2, 0.25) is 5.91 Å². The van der Waals surface area contributed by atoms with Crippen molar-refractivity contribution < 1.29 is 4.79 Å². The number of carbonyl (C=O) groups is 1. The summed E-state index contributed by atoms with van der Waals surface area (Å²) in [4.78, 5) is 36.7. The quantitative estimate of drug-likeness (QED) is 0.814. The Kier molecular flexibility index (Phi) is 6.23. The molecule has 4 rings (SSSR count). The third kappa shape index (κ3) is 4.76. The zero-order valence-corrected chi connectivity index (χ0v) is 17.0. The Morgan fingerprint density at radius 3 is 2.63 bits per heavy atom. The van der Waals surface area contributed by atoms with Crippen molar-refractivity contribution in [3.63, 3.8) is 0 Å². The first-order valence-electron chi connectivity index (χ1n) is 10.4. The summed E-state index contributed by atoms with van der Waals surface area (Å²) in [6, 6.07) is 0. The second kappa shape index (κ2) is 9.39. The highest BCUT2D eigenvalue weighted by atomic mass is 16.2. The first kappa shape index (κ1) is 19.9. The maximum Gasteiger partial charge on any atom is 0.258 e. The van der Waals surface area contributed by atoms with Gasteiger partial charge in [0.15, 0.2) is 0 Å². The topological polar surface area (TPSA) is 69.3 Å². The van der Waals surface area contributed by atoms with E-state index in [0.717, 1.165) is 19.5 Å². The molecule has 0 unspecified atom stereocenters. The minimum absolute atomic E-state index is 0.106. The lowest BCUT2D eigenvalue weighted by molar-refractivity contribution is -0.132. The Labute approximate surface area is 175 Å². The van der Waals surface area contributed by atoms with Gasteiger partial charge in [-0.3, -0.25) is 9.59 Å². The number of amides is 1. The van der Waals surface area contributed by atoms with Crippen LogP contribution in [-0.2, 0) is 11.2 Å². The molecule has 1 aliphatic heterocycles. The van der Waals surface area contributed by atoms with Crippen LogP contribution < -0.4 is 16.1 Å². The number of aromatic nitrogens is 2. The molecule has 154 valence electrons. The van der Waals surface area contributed by atoms with E-state index >= 15 is 0 Å². The number of hydrogen-bond acceptors (Lipinski definition) is 4. The summed E-state index contributed by atoms with van der Waals surface area (Å²) in [5, 5.41) is 1.17. The van der Waals surface area contributed by atoms with Crippen molar-refractivity contribution in [3.05, 3.63) is 87.1 Å². The van der Waals surface area contributed by atoms with Crippen molar-refractivity contribution >= 4 is 18.1 Å². The van der Waals surface area contributed by atoms with Gasteiger partial charge >= 0.3 is 0 Å². The standard InChI is InChI=1S/C24H26N4O2/c29-23(28-17-15-27(16-18-28)19-9-5-1-2-6-10-19)14-13-22-25-21-12-8-4-3-7-11-20(21)24(30)26-22/h1-5,7-12H,6,13-18H2,(H,25,26,30). The summed E-state index contributed by atoms with van der Waals surface area (Å²) in [6.45, 7) is 3.10. The molecule has 3 aliphatic rings. The molecular weight excluding hydrogens is 376 g/mol. The van der Waals surface area contributed by atoms with Gasteiger partial charge in [-0.1, -0.05) is 48.6 Å². The number of aryl methyl sites for hydroxylation is 1. The van der Waals surface area contributed by atoms with Gasteiger partial charge in [0, 0.05) is 44.7 Å². The number of aromatic amines is 1. The van der Waals surface area contributed by atoms with E-state index < -0.39 is 0 Å². The van der Waals surface area contributed by atoms with Crippen molar-refractivity contribution in [2.75, 3.05) is 26.2 Å². The summed E-state index contributed by atoms with van der Waals surface area (Å²) >= 11 is 0. The van der Waals surface area contributed by atoms with Gasteiger partial charge in [-0.2, -0.15) is 0 Å². The van der Waals surface area contributed by atoms with Crippen molar-refractivity contribution in [2.45, 2.75) is 19.3 Å². The SMILES string of the molecule is O=C(CCc1nc2c(c(=O)[nH]1)=CC=CC=CC=2)N1CCN(C2=CCC=CC=C2)CC1. The van der Waals surface area contributed by atoms with E-state index in [0.29, 0.717) is 42.3 Å². The van der Waals surface area contributed by atoms with Gasteiger partial charge < -0.3 is 14.8 Å². The average Bonchev–Trinajstić information content (AvgIpc) is 3.03. The number of hydrogen-bond donors (Lipinski definition) is 1. The molecule has 2 heterocycles. The molecule has 1 aromatic rings. The van der Waals surface area contributed by atoms with Crippen LogP contribution in [0.15, 0.2) is 65.2 Å². The highest BCUT2D eigenvalue weighted by Crippen LogP contribution is 2.14. The molecule has 0 bridgehead atoms. The average molecular weight is 402 g/mol. The zero-order valence-electron chi connectivity index (χ0n) is 17.0. The molecule has 0 radical (unpaired) electrons. The van der Waals surface area contributed by atoms with Gasteiger partial charge in [0.1, 0.15) is 5.82 Å². The predicted molar refractivity (Wildman–Crippen MR) is 119 cm³/mol. The molecule has 1 aromatic heterocycles. The lowest BCUT2D eigenvalue weighted by Gasteiger charge is -2.36. The third-order valence-electron chi connectivity index (χ3n) is 5.43. The van der Waals surface area contributed by atoms with E-state index in [1.165, 1.54) is 5.70 Å². The van der Waals surface area contributed by atoms with Crippen molar-refractivity contribution in [3.8, 4) is 0 Å². The Hall–Kier alpha value is -3.41. The number of rotatable bonds is 4. The van der Waals surface area contributed by atoms with Crippen molar-refractivity contribution in [1.82, 2.24) is 19.8 Å². The van der Waals surface area contributed by atoms with Crippen LogP contribution in [0.5, 0.6) is 0 Å². The van der Waals surface area contributed by atoms with E-state index in [9.17, 15) is 9.59 Å². The summed E-state index contributed by atoms with van der Waals surface area (Å²) in [6.07, 6.45) is 23.3. The fraction of sp³-hybridized carbons (Fsp3) is 0.292. The van der Waals surface area contributed by atoms with Gasteiger partial charge in [0.25, 0.3) is 5.56 Å². The number of piperazine rings is 1. The maximum absolute atomic E-state index is 12.7. The van der Waals surface area contributed by atoms with Gasteiger partial charge in [-0.15, -0.1) is 0 Å². The minimum Gasteiger partial charge on any atom is -0.368 e. The van der Waals surface area contributed by atoms with Crippen LogP contribution in [0.3, 0.4) is 0 Å². The van der Waals surface area contributed by atoms with Gasteiger partial charge in [-0.25, -0.2) is 4.98 Å². The van der Waals surface area contributed by atoms with E-state index in [1.807, 2.05) is 35.3 Å². The lowest BCUT2D eigenvalue weighted by Crippen LogP contribution is -2.48. The van der Waals surface area contributed by atoms with E-state index in [-0.39, 0.29) is 11.5 Å². The molecule has 1 fully saturated rings. The Bertz CT molecular complexity index is 1130. The smallest absolute Gasteiger partial charge is 0.258 e. The fourth-order valence-corrected chi connectivity index (χ4v) is 3.78. The van der Waals surface area contributed by atoms with Crippen LogP contribution in [0, 0.1) is 0 Å². The second-order valence-electron chi connectivity index (χ2n) is 7.43. The van der Waals surface area contributed by atoms with Gasteiger partial charge in [-0.05, 0) is 24.6 Å². The number of carbonyl (C=O) groups excluding carboxylic acids is 1. The van der Waals surface area contributed by atoms with E-state index in [2.05, 4.69) is 45.2 Å². The number of H-pyrrole nitrogens is 1. The predicted octanol–water partition coefficient (Wildman–Crippen LogP) is 0.934. The molecule has 1 amide bonds. The van der Waals surface area contributed by atoms with Crippen LogP contribution in [0.25, 0.3) is 12.2 Å². The van der Waals surface area contributed by atoms with E-state index in [4.69, 9.17) is 0 Å². The summed E-state index contributed by atoms with van der Waals surface area (Å²) in [7, 11) is 0. The van der Waals surface area contributed by atoms with Crippen LogP contribution in [0.2, 0.25) is 0 Å². The molecule has 1 N–H and O–H groups in total. The summed E-state index contributed by atoms with van der Waals surface area (Å²) in [5.41, 5.74) is 1.05. The van der Waals surface area contributed by atoms with E-state index in [1.54, 1.807) is 6.08 Å². The van der Waals surface area contributed by atoms with Crippen LogP contribution in [-0.4, -0.2) is 51.9 Å². The summed E-state index contributed by atoms with van der Waals surface area (Å²) < 4.78 is 0. The van der Waals surface area contributed by atoms with Gasteiger partial charge in [0.05, 0.1) is 10.6 Å². The molecule has 6 nitrogen and oxygen atoms in total.